The third-order valence-electron chi connectivity index (χ3n) is 5.78. The van der Waals surface area contributed by atoms with Gasteiger partial charge in [0.1, 0.15) is 5.56 Å². The Hall–Kier alpha value is -2.77. The Morgan fingerprint density at radius 3 is 1.81 bits per heavy atom. The van der Waals surface area contributed by atoms with Gasteiger partial charge in [-0.25, -0.2) is 14.4 Å². The van der Waals surface area contributed by atoms with Crippen LogP contribution in [0.25, 0.3) is 0 Å². The van der Waals surface area contributed by atoms with Crippen molar-refractivity contribution in [2.24, 2.45) is 0 Å². The maximum atomic E-state index is 12.2. The number of esters is 1. The Kier molecular flexibility index (Phi) is 17.7. The molecule has 1 aromatic rings. The first-order valence-electron chi connectivity index (χ1n) is 13.5. The van der Waals surface area contributed by atoms with Crippen LogP contribution < -0.4 is 10.1 Å². The molecule has 204 valence electrons. The van der Waals surface area contributed by atoms with E-state index >= 15 is 0 Å². The van der Waals surface area contributed by atoms with Gasteiger partial charge in [-0.1, -0.05) is 90.9 Å². The van der Waals surface area contributed by atoms with Crippen LogP contribution in [0.5, 0.6) is 5.75 Å². The molecule has 1 amide bonds. The molecule has 0 aromatic heterocycles. The lowest BCUT2D eigenvalue weighted by Crippen LogP contribution is -2.16. The van der Waals surface area contributed by atoms with E-state index in [0.717, 1.165) is 38.5 Å². The van der Waals surface area contributed by atoms with Gasteiger partial charge in [0, 0.05) is 11.8 Å². The van der Waals surface area contributed by atoms with Crippen molar-refractivity contribution in [1.29, 1.82) is 0 Å². The lowest BCUT2D eigenvalue weighted by molar-refractivity contribution is 0.0594. The van der Waals surface area contributed by atoms with Crippen LogP contribution >= 0.6 is 0 Å². The number of unbranched alkanes of at least 4 members (excludes halogenated alkanes) is 12. The highest BCUT2D eigenvalue weighted by Gasteiger charge is 2.18. The summed E-state index contributed by atoms with van der Waals surface area (Å²) in [5.74, 6) is -0.728. The van der Waals surface area contributed by atoms with Gasteiger partial charge in [-0.15, -0.1) is 0 Å². The van der Waals surface area contributed by atoms with E-state index in [0.29, 0.717) is 12.3 Å². The van der Waals surface area contributed by atoms with Gasteiger partial charge in [-0.3, -0.25) is 5.32 Å². The highest BCUT2D eigenvalue weighted by atomic mass is 16.7. The second-order valence-electron chi connectivity index (χ2n) is 8.91. The number of methoxy groups -OCH3 is 1. The molecule has 0 saturated heterocycles. The zero-order valence-corrected chi connectivity index (χ0v) is 22.4. The largest absolute Gasteiger partial charge is 0.513 e. The number of hydrogen-bond donors (Lipinski definition) is 1. The maximum absolute atomic E-state index is 12.2. The molecule has 0 fully saturated rings. The molecular weight excluding hydrogens is 462 g/mol. The standard InChI is InChI=1S/C28H45NO7/c1-4-6-8-10-12-14-16-20-34-27(31)29-23-18-19-24(26(30)33-3)25(22-23)36-28(32)35-21-17-15-13-11-9-7-5-2/h18-19,22H,4-17,20-21H2,1-3H3,(H,29,31). The number of hydrogen-bond acceptors (Lipinski definition) is 7. The molecule has 8 nitrogen and oxygen atoms in total. The average molecular weight is 508 g/mol. The molecule has 0 unspecified atom stereocenters. The molecule has 1 N–H and O–H groups in total. The van der Waals surface area contributed by atoms with E-state index in [1.807, 2.05) is 0 Å². The minimum absolute atomic E-state index is 0.0485. The van der Waals surface area contributed by atoms with Gasteiger partial charge in [0.25, 0.3) is 0 Å². The molecule has 0 bridgehead atoms. The fraction of sp³-hybridized carbons (Fsp3) is 0.679. The molecule has 8 heteroatoms. The van der Waals surface area contributed by atoms with E-state index in [1.54, 1.807) is 0 Å². The zero-order chi connectivity index (χ0) is 26.4. The SMILES string of the molecule is CCCCCCCCCOC(=O)Nc1ccc(C(=O)OC)c(OC(=O)OCCCCCCCCC)c1. The lowest BCUT2D eigenvalue weighted by Gasteiger charge is -2.12. The monoisotopic (exact) mass is 507 g/mol. The Morgan fingerprint density at radius 1 is 0.722 bits per heavy atom. The predicted octanol–water partition coefficient (Wildman–Crippen LogP) is 8.04. The molecule has 0 aliphatic rings. The highest BCUT2D eigenvalue weighted by Crippen LogP contribution is 2.25. The van der Waals surface area contributed by atoms with Crippen LogP contribution in [0.3, 0.4) is 0 Å². The number of rotatable bonds is 19. The number of carbonyl (C=O) groups excluding carboxylic acids is 3. The van der Waals surface area contributed by atoms with Gasteiger partial charge >= 0.3 is 18.2 Å². The van der Waals surface area contributed by atoms with E-state index in [4.69, 9.17) is 18.9 Å². The van der Waals surface area contributed by atoms with Crippen LogP contribution in [0.2, 0.25) is 0 Å². The average Bonchev–Trinajstić information content (AvgIpc) is 2.87. The topological polar surface area (TPSA) is 100 Å². The minimum Gasteiger partial charge on any atom is -0.465 e. The van der Waals surface area contributed by atoms with Gasteiger partial charge in [0.15, 0.2) is 5.75 Å². The van der Waals surface area contributed by atoms with E-state index in [9.17, 15) is 14.4 Å². The minimum atomic E-state index is -0.912. The fourth-order valence-electron chi connectivity index (χ4n) is 3.68. The summed E-state index contributed by atoms with van der Waals surface area (Å²) < 4.78 is 20.4. The van der Waals surface area contributed by atoms with Crippen LogP contribution in [0.1, 0.15) is 114 Å². The third-order valence-corrected chi connectivity index (χ3v) is 5.78. The summed E-state index contributed by atoms with van der Waals surface area (Å²) in [6.07, 6.45) is 14.1. The number of ether oxygens (including phenoxy) is 4. The van der Waals surface area contributed by atoms with Crippen molar-refractivity contribution in [2.45, 2.75) is 104 Å². The summed E-state index contributed by atoms with van der Waals surface area (Å²) in [4.78, 5) is 36.4. The van der Waals surface area contributed by atoms with Crippen molar-refractivity contribution < 1.29 is 33.3 Å². The van der Waals surface area contributed by atoms with Crippen LogP contribution in [-0.2, 0) is 14.2 Å². The quantitative estimate of drug-likeness (QED) is 0.0875. The van der Waals surface area contributed by atoms with Crippen molar-refractivity contribution in [3.63, 3.8) is 0 Å². The van der Waals surface area contributed by atoms with Gasteiger partial charge in [0.2, 0.25) is 0 Å². The molecule has 1 aromatic carbocycles. The van der Waals surface area contributed by atoms with Crippen molar-refractivity contribution in [3.05, 3.63) is 23.8 Å². The molecule has 0 aliphatic carbocycles. The number of anilines is 1. The highest BCUT2D eigenvalue weighted by molar-refractivity contribution is 5.95. The third kappa shape index (κ3) is 14.6. The Labute approximate surface area is 216 Å². The van der Waals surface area contributed by atoms with E-state index in [2.05, 4.69) is 19.2 Å². The Morgan fingerprint density at radius 2 is 1.25 bits per heavy atom. The van der Waals surface area contributed by atoms with E-state index in [1.165, 1.54) is 76.7 Å². The zero-order valence-electron chi connectivity index (χ0n) is 22.4. The molecule has 0 aliphatic heterocycles. The predicted molar refractivity (Wildman–Crippen MR) is 141 cm³/mol. The molecular formula is C28H45NO7. The summed E-state index contributed by atoms with van der Waals surface area (Å²) in [5, 5.41) is 2.59. The summed E-state index contributed by atoms with van der Waals surface area (Å²) in [5.41, 5.74) is 0.370. The van der Waals surface area contributed by atoms with E-state index < -0.39 is 18.2 Å². The lowest BCUT2D eigenvalue weighted by atomic mass is 10.1. The van der Waals surface area contributed by atoms with Crippen LogP contribution in [0, 0.1) is 0 Å². The number of amides is 1. The first-order chi connectivity index (χ1) is 17.5. The molecule has 0 atom stereocenters. The van der Waals surface area contributed by atoms with Gasteiger partial charge in [-0.2, -0.15) is 0 Å². The Balaban J connectivity index is 2.48. The molecule has 1 rings (SSSR count). The van der Waals surface area contributed by atoms with Gasteiger partial charge < -0.3 is 18.9 Å². The summed E-state index contributed by atoms with van der Waals surface area (Å²) >= 11 is 0. The summed E-state index contributed by atoms with van der Waals surface area (Å²) in [7, 11) is 1.23. The smallest absolute Gasteiger partial charge is 0.465 e. The van der Waals surface area contributed by atoms with Crippen LogP contribution in [0.4, 0.5) is 15.3 Å². The van der Waals surface area contributed by atoms with E-state index in [-0.39, 0.29) is 17.9 Å². The van der Waals surface area contributed by atoms with Crippen molar-refractivity contribution in [3.8, 4) is 5.75 Å². The van der Waals surface area contributed by atoms with Crippen LogP contribution in [-0.4, -0.2) is 38.5 Å². The van der Waals surface area contributed by atoms with Crippen molar-refractivity contribution >= 4 is 23.9 Å². The van der Waals surface area contributed by atoms with Gasteiger partial charge in [0.05, 0.1) is 20.3 Å². The molecule has 0 heterocycles. The second-order valence-corrected chi connectivity index (χ2v) is 8.91. The maximum Gasteiger partial charge on any atom is 0.513 e. The van der Waals surface area contributed by atoms with Crippen molar-refractivity contribution in [1.82, 2.24) is 0 Å². The molecule has 0 spiro atoms. The van der Waals surface area contributed by atoms with Crippen LogP contribution in [0.15, 0.2) is 18.2 Å². The molecule has 36 heavy (non-hydrogen) atoms. The van der Waals surface area contributed by atoms with Crippen molar-refractivity contribution in [2.75, 3.05) is 25.6 Å². The molecule has 0 saturated carbocycles. The molecule has 0 radical (unpaired) electrons. The number of benzene rings is 1. The van der Waals surface area contributed by atoms with Gasteiger partial charge in [-0.05, 0) is 25.0 Å². The second kappa shape index (κ2) is 20.4. The first-order valence-corrected chi connectivity index (χ1v) is 13.5. The normalized spacial score (nSPS) is 10.5. The fourth-order valence-corrected chi connectivity index (χ4v) is 3.68. The first kappa shape index (κ1) is 31.3. The Bertz CT molecular complexity index is 766. The number of nitrogens with one attached hydrogen (secondary N) is 1. The summed E-state index contributed by atoms with van der Waals surface area (Å²) in [6.45, 7) is 4.94. The summed E-state index contributed by atoms with van der Waals surface area (Å²) in [6, 6.07) is 4.30. The number of carbonyl (C=O) groups is 3.